The van der Waals surface area contributed by atoms with Gasteiger partial charge in [-0.3, -0.25) is 0 Å². The molecular weight excluding hydrogens is 395 g/mol. The fraction of sp³-hybridized carbons (Fsp3) is 1.00. The Bertz CT molecular complexity index is 275. The molecule has 7 heteroatoms. The summed E-state index contributed by atoms with van der Waals surface area (Å²) in [7, 11) is -1.12. The van der Waals surface area contributed by atoms with Gasteiger partial charge in [0, 0.05) is 0 Å². The van der Waals surface area contributed by atoms with E-state index in [0.717, 1.165) is 38.5 Å². The summed E-state index contributed by atoms with van der Waals surface area (Å²) in [5.41, 5.74) is 0. The molecule has 0 radical (unpaired) electrons. The molecule has 0 aliphatic heterocycles. The Balaban J connectivity index is 3.82. The van der Waals surface area contributed by atoms with Crippen LogP contribution in [-0.4, -0.2) is 27.1 Å². The lowest BCUT2D eigenvalue weighted by Crippen LogP contribution is -2.28. The van der Waals surface area contributed by atoms with Crippen molar-refractivity contribution in [3.05, 3.63) is 0 Å². The number of hydrogen-bond acceptors (Lipinski definition) is 6. The van der Waals surface area contributed by atoms with Gasteiger partial charge in [-0.15, -0.1) is 0 Å². The summed E-state index contributed by atoms with van der Waals surface area (Å²) in [5, 5.41) is 0. The SMILES string of the molecule is CCCCCCCCOOB(OOCCCCCCCC)OOCCCCCCCC. The van der Waals surface area contributed by atoms with Crippen LogP contribution in [0.25, 0.3) is 0 Å². The van der Waals surface area contributed by atoms with Crippen LogP contribution in [0.5, 0.6) is 0 Å². The van der Waals surface area contributed by atoms with Crippen LogP contribution in [0.3, 0.4) is 0 Å². The molecular formula is C24H51BO6. The maximum atomic E-state index is 5.24. The predicted octanol–water partition coefficient (Wildman–Crippen LogP) is 7.90. The topological polar surface area (TPSA) is 55.4 Å². The van der Waals surface area contributed by atoms with Gasteiger partial charge >= 0.3 is 7.32 Å². The molecule has 0 atom stereocenters. The lowest BCUT2D eigenvalue weighted by atomic mass is 10.1. The van der Waals surface area contributed by atoms with E-state index >= 15 is 0 Å². The summed E-state index contributed by atoms with van der Waals surface area (Å²) in [6.07, 6.45) is 21.5. The Kier molecular flexibility index (Phi) is 27.7. The maximum absolute atomic E-state index is 5.24. The summed E-state index contributed by atoms with van der Waals surface area (Å²) < 4.78 is 0. The van der Waals surface area contributed by atoms with Gasteiger partial charge < -0.3 is 0 Å². The minimum absolute atomic E-state index is 0.504. The highest BCUT2D eigenvalue weighted by molar-refractivity contribution is 6.35. The molecule has 0 aromatic heterocycles. The molecule has 0 aromatic rings. The van der Waals surface area contributed by atoms with Crippen molar-refractivity contribution in [2.75, 3.05) is 19.8 Å². The first-order valence-corrected chi connectivity index (χ1v) is 13.2. The maximum Gasteiger partial charge on any atom is 0.725 e. The summed E-state index contributed by atoms with van der Waals surface area (Å²) in [6.45, 7) is 8.18. The van der Waals surface area contributed by atoms with E-state index in [1.165, 1.54) is 77.0 Å². The predicted molar refractivity (Wildman–Crippen MR) is 127 cm³/mol. The van der Waals surface area contributed by atoms with E-state index < -0.39 is 7.32 Å². The highest BCUT2D eigenvalue weighted by Crippen LogP contribution is 2.08. The van der Waals surface area contributed by atoms with Gasteiger partial charge in [0.2, 0.25) is 0 Å². The van der Waals surface area contributed by atoms with E-state index in [1.807, 2.05) is 0 Å². The van der Waals surface area contributed by atoms with Crippen molar-refractivity contribution >= 4 is 7.32 Å². The lowest BCUT2D eigenvalue weighted by Gasteiger charge is -2.12. The van der Waals surface area contributed by atoms with Crippen LogP contribution in [0.15, 0.2) is 0 Å². The largest absolute Gasteiger partial charge is 0.725 e. The Hall–Kier alpha value is -0.175. The molecule has 31 heavy (non-hydrogen) atoms. The Morgan fingerprint density at radius 2 is 0.613 bits per heavy atom. The first-order chi connectivity index (χ1) is 15.3. The molecule has 0 spiro atoms. The van der Waals surface area contributed by atoms with E-state index in [1.54, 1.807) is 0 Å². The van der Waals surface area contributed by atoms with Crippen molar-refractivity contribution in [1.82, 2.24) is 0 Å². The van der Waals surface area contributed by atoms with Crippen LogP contribution in [0.4, 0.5) is 0 Å². The summed E-state index contributed by atoms with van der Waals surface area (Å²) >= 11 is 0. The monoisotopic (exact) mass is 446 g/mol. The second kappa shape index (κ2) is 27.9. The fourth-order valence-corrected chi connectivity index (χ4v) is 3.18. The zero-order chi connectivity index (χ0) is 22.7. The van der Waals surface area contributed by atoms with Crippen LogP contribution < -0.4 is 0 Å². The van der Waals surface area contributed by atoms with Crippen LogP contribution in [0.2, 0.25) is 0 Å². The molecule has 0 rings (SSSR count). The molecule has 0 saturated carbocycles. The van der Waals surface area contributed by atoms with Crippen LogP contribution in [0.1, 0.15) is 136 Å². The third-order valence-electron chi connectivity index (χ3n) is 5.18. The molecule has 186 valence electrons. The van der Waals surface area contributed by atoms with Crippen molar-refractivity contribution < 1.29 is 29.1 Å². The second-order valence-corrected chi connectivity index (χ2v) is 8.35. The standard InChI is InChI=1S/C24H51BO6/c1-4-7-10-13-16-19-22-26-29-25(30-27-23-20-17-14-11-8-5-2)31-28-24-21-18-15-12-9-6-3/h4-24H2,1-3H3. The molecule has 0 fully saturated rings. The number of rotatable bonds is 27. The fourth-order valence-electron chi connectivity index (χ4n) is 3.18. The zero-order valence-electron chi connectivity index (χ0n) is 20.9. The van der Waals surface area contributed by atoms with Gasteiger partial charge in [-0.2, -0.15) is 0 Å². The minimum atomic E-state index is -1.12. The van der Waals surface area contributed by atoms with Gasteiger partial charge in [0.25, 0.3) is 0 Å². The van der Waals surface area contributed by atoms with Crippen molar-refractivity contribution in [2.45, 2.75) is 136 Å². The van der Waals surface area contributed by atoms with E-state index in [2.05, 4.69) is 20.8 Å². The molecule has 0 heterocycles. The molecule has 0 amide bonds. The Morgan fingerprint density at radius 1 is 0.355 bits per heavy atom. The molecule has 0 N–H and O–H groups in total. The smallest absolute Gasteiger partial charge is 0.247 e. The molecule has 0 unspecified atom stereocenters. The average Bonchev–Trinajstić information content (AvgIpc) is 2.78. The van der Waals surface area contributed by atoms with Gasteiger partial charge in [0.15, 0.2) is 0 Å². The molecule has 0 saturated heterocycles. The van der Waals surface area contributed by atoms with Crippen LogP contribution in [-0.2, 0) is 29.1 Å². The van der Waals surface area contributed by atoms with Gasteiger partial charge in [-0.05, 0) is 19.3 Å². The molecule has 0 aliphatic carbocycles. The molecule has 0 aromatic carbocycles. The third kappa shape index (κ3) is 26.0. The van der Waals surface area contributed by atoms with Crippen molar-refractivity contribution in [2.24, 2.45) is 0 Å². The zero-order valence-corrected chi connectivity index (χ0v) is 20.9. The minimum Gasteiger partial charge on any atom is -0.247 e. The summed E-state index contributed by atoms with van der Waals surface area (Å²) in [5.74, 6) is 0. The first kappa shape index (κ1) is 30.8. The second-order valence-electron chi connectivity index (χ2n) is 8.35. The third-order valence-corrected chi connectivity index (χ3v) is 5.18. The van der Waals surface area contributed by atoms with E-state index in [4.69, 9.17) is 29.1 Å². The summed E-state index contributed by atoms with van der Waals surface area (Å²) in [6, 6.07) is 0. The normalized spacial score (nSPS) is 11.3. The van der Waals surface area contributed by atoms with Crippen molar-refractivity contribution in [3.63, 3.8) is 0 Å². The average molecular weight is 446 g/mol. The van der Waals surface area contributed by atoms with Gasteiger partial charge in [-0.25, -0.2) is 29.1 Å². The van der Waals surface area contributed by atoms with Gasteiger partial charge in [0.1, 0.15) is 0 Å². The lowest BCUT2D eigenvalue weighted by molar-refractivity contribution is -0.348. The van der Waals surface area contributed by atoms with Crippen LogP contribution in [0, 0.1) is 0 Å². The van der Waals surface area contributed by atoms with Gasteiger partial charge in [0.05, 0.1) is 19.8 Å². The number of hydrogen-bond donors (Lipinski definition) is 0. The quantitative estimate of drug-likeness (QED) is 0.0553. The van der Waals surface area contributed by atoms with E-state index in [9.17, 15) is 0 Å². The van der Waals surface area contributed by atoms with Crippen molar-refractivity contribution in [3.8, 4) is 0 Å². The Morgan fingerprint density at radius 3 is 0.903 bits per heavy atom. The molecule has 6 nitrogen and oxygen atoms in total. The van der Waals surface area contributed by atoms with Gasteiger partial charge in [-0.1, -0.05) is 117 Å². The van der Waals surface area contributed by atoms with E-state index in [0.29, 0.717) is 19.8 Å². The number of unbranched alkanes of at least 4 members (excludes halogenated alkanes) is 15. The summed E-state index contributed by atoms with van der Waals surface area (Å²) in [4.78, 5) is 31.3. The highest BCUT2D eigenvalue weighted by atomic mass is 17.3. The van der Waals surface area contributed by atoms with E-state index in [-0.39, 0.29) is 0 Å². The molecule has 0 bridgehead atoms. The Labute approximate surface area is 193 Å². The first-order valence-electron chi connectivity index (χ1n) is 13.2. The van der Waals surface area contributed by atoms with Crippen LogP contribution >= 0.6 is 0 Å². The van der Waals surface area contributed by atoms with Crippen molar-refractivity contribution in [1.29, 1.82) is 0 Å². The highest BCUT2D eigenvalue weighted by Gasteiger charge is 2.27. The molecule has 0 aliphatic rings.